The van der Waals surface area contributed by atoms with E-state index in [1.807, 2.05) is 36.0 Å². The Morgan fingerprint density at radius 1 is 1.06 bits per heavy atom. The SMILES string of the molecule is CCOc1ccccc1CN1CCN(Cc2cccc(-n3cccn3)c2)C[C@@H]1CCO. The summed E-state index contributed by atoms with van der Waals surface area (Å²) in [5, 5.41) is 14.0. The molecule has 1 aliphatic heterocycles. The van der Waals surface area contributed by atoms with Crippen LogP contribution in [0.15, 0.2) is 67.0 Å². The number of piperazine rings is 1. The lowest BCUT2D eigenvalue weighted by Gasteiger charge is -2.41. The van der Waals surface area contributed by atoms with E-state index in [4.69, 9.17) is 4.74 Å². The van der Waals surface area contributed by atoms with Gasteiger partial charge in [0.2, 0.25) is 0 Å². The van der Waals surface area contributed by atoms with Crippen molar-refractivity contribution >= 4 is 0 Å². The minimum absolute atomic E-state index is 0.205. The highest BCUT2D eigenvalue weighted by Crippen LogP contribution is 2.24. The number of ether oxygens (including phenoxy) is 1. The van der Waals surface area contributed by atoms with Gasteiger partial charge in [0.1, 0.15) is 5.75 Å². The maximum atomic E-state index is 9.68. The molecule has 0 amide bonds. The van der Waals surface area contributed by atoms with E-state index in [0.717, 1.165) is 50.6 Å². The minimum atomic E-state index is 0.205. The van der Waals surface area contributed by atoms with E-state index in [1.54, 1.807) is 6.20 Å². The molecule has 164 valence electrons. The van der Waals surface area contributed by atoms with Crippen LogP contribution in [0.25, 0.3) is 5.69 Å². The van der Waals surface area contributed by atoms with Crippen LogP contribution in [-0.4, -0.2) is 63.6 Å². The van der Waals surface area contributed by atoms with E-state index in [0.29, 0.717) is 12.6 Å². The molecule has 0 unspecified atom stereocenters. The van der Waals surface area contributed by atoms with Gasteiger partial charge >= 0.3 is 0 Å². The molecule has 2 heterocycles. The van der Waals surface area contributed by atoms with Crippen molar-refractivity contribution in [2.75, 3.05) is 32.8 Å². The Hall–Kier alpha value is -2.67. The summed E-state index contributed by atoms with van der Waals surface area (Å²) in [7, 11) is 0. The van der Waals surface area contributed by atoms with Gasteiger partial charge in [0.25, 0.3) is 0 Å². The van der Waals surface area contributed by atoms with Crippen molar-refractivity contribution in [2.45, 2.75) is 32.5 Å². The second-order valence-electron chi connectivity index (χ2n) is 8.03. The highest BCUT2D eigenvalue weighted by atomic mass is 16.5. The van der Waals surface area contributed by atoms with Crippen LogP contribution < -0.4 is 4.74 Å². The van der Waals surface area contributed by atoms with Crippen molar-refractivity contribution in [3.8, 4) is 11.4 Å². The Bertz CT molecular complexity index is 944. The van der Waals surface area contributed by atoms with Crippen LogP contribution in [0.3, 0.4) is 0 Å². The first-order valence-corrected chi connectivity index (χ1v) is 11.1. The average Bonchev–Trinajstić information content (AvgIpc) is 3.33. The van der Waals surface area contributed by atoms with Crippen LogP contribution in [0.1, 0.15) is 24.5 Å². The van der Waals surface area contributed by atoms with Crippen LogP contribution in [0.4, 0.5) is 0 Å². The van der Waals surface area contributed by atoms with Crippen molar-refractivity contribution in [1.29, 1.82) is 0 Å². The number of aromatic nitrogens is 2. The molecule has 0 aliphatic carbocycles. The fourth-order valence-electron chi connectivity index (χ4n) is 4.36. The van der Waals surface area contributed by atoms with Gasteiger partial charge in [-0.1, -0.05) is 30.3 Å². The molecule has 6 nitrogen and oxygen atoms in total. The predicted octanol–water partition coefficient (Wildman–Crippen LogP) is 3.34. The average molecular weight is 421 g/mol. The van der Waals surface area contributed by atoms with Gasteiger partial charge in [0.15, 0.2) is 0 Å². The molecule has 4 rings (SSSR count). The number of rotatable bonds is 9. The van der Waals surface area contributed by atoms with Gasteiger partial charge in [-0.15, -0.1) is 0 Å². The summed E-state index contributed by atoms with van der Waals surface area (Å²) in [6.07, 6.45) is 4.55. The van der Waals surface area contributed by atoms with E-state index < -0.39 is 0 Å². The molecule has 1 aliphatic rings. The molecular weight excluding hydrogens is 388 g/mol. The Morgan fingerprint density at radius 2 is 1.97 bits per heavy atom. The summed E-state index contributed by atoms with van der Waals surface area (Å²) in [5.41, 5.74) is 3.58. The van der Waals surface area contributed by atoms with Crippen LogP contribution in [-0.2, 0) is 13.1 Å². The molecule has 31 heavy (non-hydrogen) atoms. The van der Waals surface area contributed by atoms with Crippen molar-refractivity contribution < 1.29 is 9.84 Å². The molecule has 6 heteroatoms. The van der Waals surface area contributed by atoms with Crippen molar-refractivity contribution in [3.05, 3.63) is 78.1 Å². The van der Waals surface area contributed by atoms with Crippen LogP contribution in [0, 0.1) is 0 Å². The van der Waals surface area contributed by atoms with Crippen LogP contribution in [0.5, 0.6) is 5.75 Å². The summed E-state index contributed by atoms with van der Waals surface area (Å²) in [4.78, 5) is 4.98. The zero-order chi connectivity index (χ0) is 21.5. The fraction of sp³-hybridized carbons (Fsp3) is 0.400. The number of benzene rings is 2. The smallest absolute Gasteiger partial charge is 0.123 e. The molecule has 1 atom stereocenters. The Morgan fingerprint density at radius 3 is 2.77 bits per heavy atom. The molecule has 1 saturated heterocycles. The standard InChI is InChI=1S/C25H32N4O2/c1-2-31-25-10-4-3-8-22(25)19-28-15-14-27(20-24(28)11-16-30)18-21-7-5-9-23(17-21)29-13-6-12-26-29/h3-10,12-13,17,24,30H,2,11,14-16,18-20H2,1H3/t24-/m0/s1. The normalized spacial score (nSPS) is 17.7. The van der Waals surface area contributed by atoms with Gasteiger partial charge in [0, 0.05) is 63.3 Å². The quantitative estimate of drug-likeness (QED) is 0.575. The van der Waals surface area contributed by atoms with Gasteiger partial charge in [-0.2, -0.15) is 5.10 Å². The zero-order valence-corrected chi connectivity index (χ0v) is 18.2. The predicted molar refractivity (Wildman–Crippen MR) is 122 cm³/mol. The third kappa shape index (κ3) is 5.53. The van der Waals surface area contributed by atoms with Gasteiger partial charge < -0.3 is 9.84 Å². The second-order valence-corrected chi connectivity index (χ2v) is 8.03. The molecule has 1 N–H and O–H groups in total. The molecular formula is C25H32N4O2. The van der Waals surface area contributed by atoms with Crippen LogP contribution in [0.2, 0.25) is 0 Å². The third-order valence-electron chi connectivity index (χ3n) is 5.88. The fourth-order valence-corrected chi connectivity index (χ4v) is 4.36. The lowest BCUT2D eigenvalue weighted by Crippen LogP contribution is -2.52. The number of para-hydroxylation sites is 1. The largest absolute Gasteiger partial charge is 0.494 e. The summed E-state index contributed by atoms with van der Waals surface area (Å²) in [6.45, 7) is 7.58. The van der Waals surface area contributed by atoms with E-state index in [2.05, 4.69) is 51.3 Å². The van der Waals surface area contributed by atoms with Gasteiger partial charge in [-0.3, -0.25) is 9.80 Å². The Balaban J connectivity index is 1.42. The Labute approximate surface area is 184 Å². The van der Waals surface area contributed by atoms with Crippen molar-refractivity contribution in [1.82, 2.24) is 19.6 Å². The van der Waals surface area contributed by atoms with E-state index in [1.165, 1.54) is 11.1 Å². The van der Waals surface area contributed by atoms with Gasteiger partial charge in [-0.05, 0) is 43.2 Å². The highest BCUT2D eigenvalue weighted by Gasteiger charge is 2.27. The number of nitrogens with zero attached hydrogens (tertiary/aromatic N) is 4. The third-order valence-corrected chi connectivity index (χ3v) is 5.88. The first kappa shape index (κ1) is 21.6. The number of aliphatic hydroxyl groups excluding tert-OH is 1. The van der Waals surface area contributed by atoms with E-state index in [9.17, 15) is 5.11 Å². The molecule has 3 aromatic rings. The molecule has 2 aromatic carbocycles. The maximum absolute atomic E-state index is 9.68. The Kier molecular flexibility index (Phi) is 7.35. The number of aliphatic hydroxyl groups is 1. The summed E-state index contributed by atoms with van der Waals surface area (Å²) in [6, 6.07) is 19.1. The molecule has 1 aromatic heterocycles. The van der Waals surface area contributed by atoms with E-state index >= 15 is 0 Å². The minimum Gasteiger partial charge on any atom is -0.494 e. The molecule has 0 bridgehead atoms. The van der Waals surface area contributed by atoms with Gasteiger partial charge in [0.05, 0.1) is 12.3 Å². The van der Waals surface area contributed by atoms with Gasteiger partial charge in [-0.25, -0.2) is 4.68 Å². The lowest BCUT2D eigenvalue weighted by atomic mass is 10.1. The lowest BCUT2D eigenvalue weighted by molar-refractivity contribution is 0.0494. The first-order valence-electron chi connectivity index (χ1n) is 11.1. The summed E-state index contributed by atoms with van der Waals surface area (Å²) >= 11 is 0. The second kappa shape index (κ2) is 10.6. The summed E-state index contributed by atoms with van der Waals surface area (Å²) in [5.74, 6) is 0.964. The zero-order valence-electron chi connectivity index (χ0n) is 18.2. The van der Waals surface area contributed by atoms with Crippen LogP contribution >= 0.6 is 0 Å². The van der Waals surface area contributed by atoms with E-state index in [-0.39, 0.29) is 6.61 Å². The maximum Gasteiger partial charge on any atom is 0.123 e. The van der Waals surface area contributed by atoms with Crippen molar-refractivity contribution in [2.24, 2.45) is 0 Å². The number of hydrogen-bond acceptors (Lipinski definition) is 5. The topological polar surface area (TPSA) is 53.8 Å². The molecule has 1 fully saturated rings. The van der Waals surface area contributed by atoms with Crippen molar-refractivity contribution in [3.63, 3.8) is 0 Å². The molecule has 0 saturated carbocycles. The molecule has 0 spiro atoms. The summed E-state index contributed by atoms with van der Waals surface area (Å²) < 4.78 is 7.72. The highest BCUT2D eigenvalue weighted by molar-refractivity contribution is 5.35. The molecule has 0 radical (unpaired) electrons. The first-order chi connectivity index (χ1) is 15.3. The number of hydrogen-bond donors (Lipinski definition) is 1. The monoisotopic (exact) mass is 420 g/mol.